The first-order chi connectivity index (χ1) is 6.77. The van der Waals surface area contributed by atoms with E-state index >= 15 is 0 Å². The molecule has 2 aliphatic carbocycles. The van der Waals surface area contributed by atoms with Crippen LogP contribution in [0.15, 0.2) is 45.5 Å². The van der Waals surface area contributed by atoms with Gasteiger partial charge in [-0.15, -0.1) is 0 Å². The molecule has 0 aliphatic heterocycles. The van der Waals surface area contributed by atoms with Gasteiger partial charge in [0, 0.05) is 48.7 Å². The zero-order valence-electron chi connectivity index (χ0n) is 8.39. The quantitative estimate of drug-likeness (QED) is 0.599. The fourth-order valence-corrected chi connectivity index (χ4v) is 2.25. The Morgan fingerprint density at radius 1 is 0.867 bits per heavy atom. The third-order valence-electron chi connectivity index (χ3n) is 2.59. The van der Waals surface area contributed by atoms with Gasteiger partial charge in [0.2, 0.25) is 0 Å². The predicted octanol–water partition coefficient (Wildman–Crippen LogP) is 4.67. The summed E-state index contributed by atoms with van der Waals surface area (Å²) in [6.07, 6.45) is 12.3. The van der Waals surface area contributed by atoms with Crippen LogP contribution in [-0.2, 0) is 25.8 Å². The van der Waals surface area contributed by atoms with Crippen molar-refractivity contribution in [1.29, 1.82) is 0 Å². The zero-order valence-corrected chi connectivity index (χ0v) is 13.5. The van der Waals surface area contributed by atoms with Gasteiger partial charge in [-0.1, -0.05) is 47.5 Å². The summed E-state index contributed by atoms with van der Waals surface area (Å²) in [5.41, 5.74) is 2.54. The van der Waals surface area contributed by atoms with Gasteiger partial charge in [0.15, 0.2) is 0 Å². The molecule has 2 aliphatic rings. The maximum atomic E-state index is 6.05. The first-order valence-electron chi connectivity index (χ1n) is 4.85. The molecular formula is C12H12Cl2Hf. The van der Waals surface area contributed by atoms with Crippen LogP contribution in [0.4, 0.5) is 0 Å². The minimum absolute atomic E-state index is 0. The largest absolute Gasteiger partial charge is 0.0885 e. The third kappa shape index (κ3) is 3.44. The molecule has 0 bridgehead atoms. The fourth-order valence-electron chi connectivity index (χ4n) is 1.76. The molecule has 15 heavy (non-hydrogen) atoms. The Bertz CT molecular complexity index is 326. The summed E-state index contributed by atoms with van der Waals surface area (Å²) in [4.78, 5) is 0. The number of rotatable bonds is 3. The van der Waals surface area contributed by atoms with E-state index in [1.165, 1.54) is 11.1 Å². The topological polar surface area (TPSA) is 0 Å². The maximum Gasteiger partial charge on any atom is 0.0250 e. The van der Waals surface area contributed by atoms with Crippen LogP contribution in [0.1, 0.15) is 25.7 Å². The minimum Gasteiger partial charge on any atom is -0.0885 e. The van der Waals surface area contributed by atoms with Crippen molar-refractivity contribution in [2.24, 2.45) is 0 Å². The van der Waals surface area contributed by atoms with E-state index in [0.29, 0.717) is 0 Å². The van der Waals surface area contributed by atoms with E-state index in [1.54, 1.807) is 0 Å². The molecule has 0 aromatic carbocycles. The van der Waals surface area contributed by atoms with Gasteiger partial charge in [-0.2, -0.15) is 0 Å². The third-order valence-corrected chi connectivity index (χ3v) is 3.39. The van der Waals surface area contributed by atoms with Gasteiger partial charge < -0.3 is 0 Å². The van der Waals surface area contributed by atoms with E-state index in [-0.39, 0.29) is 25.8 Å². The molecular weight excluding hydrogens is 394 g/mol. The second-order valence-corrected chi connectivity index (χ2v) is 4.49. The number of allylic oxidation sites excluding steroid dienone is 8. The maximum absolute atomic E-state index is 6.05. The van der Waals surface area contributed by atoms with Gasteiger partial charge in [-0.3, -0.25) is 0 Å². The first-order valence-corrected chi connectivity index (χ1v) is 5.61. The average molecular weight is 406 g/mol. The van der Waals surface area contributed by atoms with Crippen LogP contribution in [0.3, 0.4) is 0 Å². The molecule has 0 N–H and O–H groups in total. The first kappa shape index (κ1) is 13.5. The Hall–Kier alpha value is 0.410. The number of hydrogen-bond donors (Lipinski definition) is 0. The summed E-state index contributed by atoms with van der Waals surface area (Å²) in [5.74, 6) is 0. The van der Waals surface area contributed by atoms with Crippen LogP contribution in [0, 0.1) is 0 Å². The van der Waals surface area contributed by atoms with Gasteiger partial charge in [-0.05, 0) is 24.0 Å². The van der Waals surface area contributed by atoms with Gasteiger partial charge in [-0.25, -0.2) is 0 Å². The molecule has 0 saturated heterocycles. The van der Waals surface area contributed by atoms with E-state index in [0.717, 1.165) is 35.7 Å². The van der Waals surface area contributed by atoms with Crippen molar-refractivity contribution in [2.45, 2.75) is 25.7 Å². The van der Waals surface area contributed by atoms with E-state index in [2.05, 4.69) is 24.3 Å². The predicted molar refractivity (Wildman–Crippen MR) is 62.5 cm³/mol. The molecule has 0 fully saturated rings. The van der Waals surface area contributed by atoms with E-state index in [4.69, 9.17) is 23.2 Å². The summed E-state index contributed by atoms with van der Waals surface area (Å²) in [7, 11) is 0. The van der Waals surface area contributed by atoms with E-state index < -0.39 is 0 Å². The summed E-state index contributed by atoms with van der Waals surface area (Å²) < 4.78 is 0. The number of halogens is 2. The second kappa shape index (κ2) is 6.22. The molecule has 0 radical (unpaired) electrons. The van der Waals surface area contributed by atoms with Crippen molar-refractivity contribution in [3.63, 3.8) is 0 Å². The van der Waals surface area contributed by atoms with Crippen molar-refractivity contribution in [3.8, 4) is 0 Å². The average Bonchev–Trinajstić information content (AvgIpc) is 2.72. The monoisotopic (exact) mass is 406 g/mol. The minimum atomic E-state index is 0. The molecule has 3 heteroatoms. The normalized spacial score (nSPS) is 19.1. The van der Waals surface area contributed by atoms with Crippen LogP contribution >= 0.6 is 23.2 Å². The standard InChI is InChI=1S/C12H12Cl2.Hf/c13-11-5-1-3-9(11)7-8-10-4-2-6-12(10)14;/h1-4H,5-8H2;. The molecule has 0 heterocycles. The molecule has 0 aromatic heterocycles. The molecule has 0 unspecified atom stereocenters. The van der Waals surface area contributed by atoms with Crippen molar-refractivity contribution in [3.05, 3.63) is 45.5 Å². The molecule has 0 atom stereocenters. The van der Waals surface area contributed by atoms with Gasteiger partial charge in [0.1, 0.15) is 0 Å². The van der Waals surface area contributed by atoms with E-state index in [9.17, 15) is 0 Å². The second-order valence-electron chi connectivity index (χ2n) is 3.57. The Labute approximate surface area is 119 Å². The summed E-state index contributed by atoms with van der Waals surface area (Å²) in [6, 6.07) is 0. The van der Waals surface area contributed by atoms with Crippen molar-refractivity contribution in [2.75, 3.05) is 0 Å². The Morgan fingerprint density at radius 2 is 1.27 bits per heavy atom. The van der Waals surface area contributed by atoms with Gasteiger partial charge in [0.25, 0.3) is 0 Å². The SMILES string of the molecule is ClC1=C(CCC2=C(Cl)CC=C2)C=CC1.[Hf]. The molecule has 0 saturated carbocycles. The van der Waals surface area contributed by atoms with Crippen LogP contribution < -0.4 is 0 Å². The van der Waals surface area contributed by atoms with Gasteiger partial charge in [0.05, 0.1) is 0 Å². The Morgan fingerprint density at radius 3 is 1.53 bits per heavy atom. The summed E-state index contributed by atoms with van der Waals surface area (Å²) >= 11 is 12.1. The van der Waals surface area contributed by atoms with Crippen molar-refractivity contribution < 1.29 is 25.8 Å². The van der Waals surface area contributed by atoms with Crippen molar-refractivity contribution in [1.82, 2.24) is 0 Å². The summed E-state index contributed by atoms with van der Waals surface area (Å²) in [5, 5.41) is 1.98. The van der Waals surface area contributed by atoms with Gasteiger partial charge >= 0.3 is 0 Å². The van der Waals surface area contributed by atoms with E-state index in [1.807, 2.05) is 0 Å². The van der Waals surface area contributed by atoms with Crippen LogP contribution in [0.25, 0.3) is 0 Å². The molecule has 2 rings (SSSR count). The molecule has 0 nitrogen and oxygen atoms in total. The summed E-state index contributed by atoms with van der Waals surface area (Å²) in [6.45, 7) is 0. The van der Waals surface area contributed by atoms with Crippen LogP contribution in [0.2, 0.25) is 0 Å². The smallest absolute Gasteiger partial charge is 0.0250 e. The Kier molecular flexibility index (Phi) is 5.59. The molecule has 0 amide bonds. The van der Waals surface area contributed by atoms with Crippen molar-refractivity contribution >= 4 is 23.2 Å². The fraction of sp³-hybridized carbons (Fsp3) is 0.333. The van der Waals surface area contributed by atoms with Crippen LogP contribution in [0.5, 0.6) is 0 Å². The zero-order chi connectivity index (χ0) is 9.97. The molecule has 78 valence electrons. The molecule has 0 aromatic rings. The van der Waals surface area contributed by atoms with Crippen LogP contribution in [-0.4, -0.2) is 0 Å². The molecule has 0 spiro atoms. The number of hydrogen-bond acceptors (Lipinski definition) is 0. The Balaban J connectivity index is 0.00000112.